The minimum absolute atomic E-state index is 0.0545. The van der Waals surface area contributed by atoms with E-state index in [0.717, 1.165) is 18.6 Å². The smallest absolute Gasteiger partial charge is 0.123 e. The van der Waals surface area contributed by atoms with Crippen LogP contribution in [0.5, 0.6) is 5.75 Å². The van der Waals surface area contributed by atoms with Crippen LogP contribution in [0.4, 0.5) is 0 Å². The standard InChI is InChI=1S/C28H26Br2O/c1-16-8-9-23(29)21-14-19-12-18(17-6-4-3-5-7-17)13-20-15-22-24(30)10-11-25(31-2)27(22)28(19,20)26(16)21/h3-11,18-20H,12-15H2,1-2H3/t18?,19-,20-,28-/m0/s1. The zero-order valence-corrected chi connectivity index (χ0v) is 21.1. The molecule has 0 aromatic heterocycles. The van der Waals surface area contributed by atoms with Crippen molar-refractivity contribution in [1.29, 1.82) is 0 Å². The number of benzene rings is 3. The van der Waals surface area contributed by atoms with Crippen LogP contribution in [0.15, 0.2) is 63.5 Å². The number of hydrogen-bond donors (Lipinski definition) is 0. The minimum Gasteiger partial charge on any atom is -0.496 e. The van der Waals surface area contributed by atoms with E-state index in [1.165, 1.54) is 49.6 Å². The maximum absolute atomic E-state index is 6.03. The lowest BCUT2D eigenvalue weighted by Gasteiger charge is -2.47. The summed E-state index contributed by atoms with van der Waals surface area (Å²) in [5.74, 6) is 2.87. The molecule has 6 rings (SSSR count). The quantitative estimate of drug-likeness (QED) is 0.325. The molecule has 0 N–H and O–H groups in total. The van der Waals surface area contributed by atoms with Gasteiger partial charge in [-0.2, -0.15) is 0 Å². The van der Waals surface area contributed by atoms with Crippen LogP contribution < -0.4 is 4.74 Å². The van der Waals surface area contributed by atoms with Gasteiger partial charge < -0.3 is 4.74 Å². The van der Waals surface area contributed by atoms with Crippen LogP contribution in [0.2, 0.25) is 0 Å². The zero-order chi connectivity index (χ0) is 21.3. The van der Waals surface area contributed by atoms with E-state index in [1.807, 2.05) is 7.11 Å². The van der Waals surface area contributed by atoms with Gasteiger partial charge in [0.15, 0.2) is 0 Å². The summed E-state index contributed by atoms with van der Waals surface area (Å²) in [6, 6.07) is 20.1. The Kier molecular flexibility index (Phi) is 4.67. The van der Waals surface area contributed by atoms with Crippen molar-refractivity contribution in [3.8, 4) is 5.75 Å². The predicted molar refractivity (Wildman–Crippen MR) is 133 cm³/mol. The molecule has 0 radical (unpaired) electrons. The third kappa shape index (κ3) is 2.66. The highest BCUT2D eigenvalue weighted by molar-refractivity contribution is 9.10. The van der Waals surface area contributed by atoms with Crippen molar-refractivity contribution in [1.82, 2.24) is 0 Å². The summed E-state index contributed by atoms with van der Waals surface area (Å²) in [4.78, 5) is 0. The van der Waals surface area contributed by atoms with E-state index in [0.29, 0.717) is 17.8 Å². The fourth-order valence-corrected chi connectivity index (χ4v) is 8.33. The Balaban J connectivity index is 1.62. The molecule has 0 bridgehead atoms. The van der Waals surface area contributed by atoms with Crippen LogP contribution in [0, 0.1) is 18.8 Å². The maximum Gasteiger partial charge on any atom is 0.123 e. The number of fused-ring (bicyclic) bond motifs is 2. The molecule has 1 nitrogen and oxygen atoms in total. The van der Waals surface area contributed by atoms with Gasteiger partial charge in [-0.25, -0.2) is 0 Å². The van der Waals surface area contributed by atoms with Crippen LogP contribution in [-0.2, 0) is 18.3 Å². The molecular formula is C28H26Br2O. The Hall–Kier alpha value is -1.58. The summed E-state index contributed by atoms with van der Waals surface area (Å²) in [6.45, 7) is 2.31. The highest BCUT2D eigenvalue weighted by Gasteiger charge is 2.61. The van der Waals surface area contributed by atoms with Gasteiger partial charge in [0.1, 0.15) is 5.75 Å². The Morgan fingerprint density at radius 2 is 1.42 bits per heavy atom. The Labute approximate surface area is 201 Å². The van der Waals surface area contributed by atoms with Gasteiger partial charge in [-0.15, -0.1) is 0 Å². The fraction of sp³-hybridized carbons (Fsp3) is 0.357. The predicted octanol–water partition coefficient (Wildman–Crippen LogP) is 7.74. The number of halogens is 2. The van der Waals surface area contributed by atoms with E-state index in [4.69, 9.17) is 4.74 Å². The molecule has 0 aliphatic heterocycles. The van der Waals surface area contributed by atoms with Crippen molar-refractivity contribution in [2.75, 3.05) is 7.11 Å². The van der Waals surface area contributed by atoms with Crippen LogP contribution >= 0.6 is 31.9 Å². The van der Waals surface area contributed by atoms with Crippen molar-refractivity contribution in [3.05, 3.63) is 96.9 Å². The second kappa shape index (κ2) is 7.22. The van der Waals surface area contributed by atoms with Gasteiger partial charge in [-0.3, -0.25) is 0 Å². The molecule has 1 fully saturated rings. The van der Waals surface area contributed by atoms with Gasteiger partial charge in [0.2, 0.25) is 0 Å². The third-order valence-electron chi connectivity index (χ3n) is 8.33. The lowest BCUT2D eigenvalue weighted by Crippen LogP contribution is -2.43. The van der Waals surface area contributed by atoms with E-state index in [9.17, 15) is 0 Å². The van der Waals surface area contributed by atoms with Gasteiger partial charge in [0, 0.05) is 19.9 Å². The van der Waals surface area contributed by atoms with Gasteiger partial charge in [-0.1, -0.05) is 68.3 Å². The van der Waals surface area contributed by atoms with Crippen molar-refractivity contribution >= 4 is 31.9 Å². The van der Waals surface area contributed by atoms with Gasteiger partial charge in [0.25, 0.3) is 0 Å². The van der Waals surface area contributed by atoms with Crippen LogP contribution in [0.25, 0.3) is 0 Å². The van der Waals surface area contributed by atoms with Crippen molar-refractivity contribution in [3.63, 3.8) is 0 Å². The lowest BCUT2D eigenvalue weighted by molar-refractivity contribution is 0.153. The van der Waals surface area contributed by atoms with E-state index < -0.39 is 0 Å². The summed E-state index contributed by atoms with van der Waals surface area (Å²) in [5.41, 5.74) is 9.03. The first-order valence-corrected chi connectivity index (χ1v) is 12.8. The molecule has 1 saturated carbocycles. The Morgan fingerprint density at radius 3 is 2.06 bits per heavy atom. The number of rotatable bonds is 2. The molecule has 3 aliphatic carbocycles. The van der Waals surface area contributed by atoms with Crippen LogP contribution in [-0.4, -0.2) is 7.11 Å². The average molecular weight is 538 g/mol. The van der Waals surface area contributed by atoms with E-state index in [2.05, 4.69) is 93.4 Å². The molecule has 3 aromatic rings. The number of hydrogen-bond acceptors (Lipinski definition) is 1. The first kappa shape index (κ1) is 20.1. The molecule has 0 saturated heterocycles. The summed E-state index contributed by atoms with van der Waals surface area (Å²) in [7, 11) is 1.84. The third-order valence-corrected chi connectivity index (χ3v) is 9.81. The second-order valence-electron chi connectivity index (χ2n) is 9.57. The summed E-state index contributed by atoms with van der Waals surface area (Å²) in [5, 5.41) is 0. The highest BCUT2D eigenvalue weighted by atomic mass is 79.9. The molecule has 3 heteroatoms. The normalized spacial score (nSPS) is 27.9. The summed E-state index contributed by atoms with van der Waals surface area (Å²) >= 11 is 7.82. The van der Waals surface area contributed by atoms with Crippen molar-refractivity contribution in [2.24, 2.45) is 11.8 Å². The molecule has 158 valence electrons. The monoisotopic (exact) mass is 536 g/mol. The largest absolute Gasteiger partial charge is 0.496 e. The molecule has 1 unspecified atom stereocenters. The second-order valence-corrected chi connectivity index (χ2v) is 11.3. The molecular weight excluding hydrogens is 512 g/mol. The fourth-order valence-electron chi connectivity index (χ4n) is 7.35. The minimum atomic E-state index is 0.0545. The Bertz CT molecular complexity index is 1180. The first-order valence-electron chi connectivity index (χ1n) is 11.2. The first-order chi connectivity index (χ1) is 15.1. The molecule has 4 atom stereocenters. The summed E-state index contributed by atoms with van der Waals surface area (Å²) in [6.07, 6.45) is 4.73. The van der Waals surface area contributed by atoms with Gasteiger partial charge in [0.05, 0.1) is 7.11 Å². The topological polar surface area (TPSA) is 9.23 Å². The van der Waals surface area contributed by atoms with Crippen molar-refractivity contribution < 1.29 is 4.74 Å². The van der Waals surface area contributed by atoms with E-state index >= 15 is 0 Å². The van der Waals surface area contributed by atoms with Crippen molar-refractivity contribution in [2.45, 2.75) is 43.9 Å². The molecule has 0 heterocycles. The van der Waals surface area contributed by atoms with E-state index in [-0.39, 0.29) is 5.41 Å². The Morgan fingerprint density at radius 1 is 0.806 bits per heavy atom. The summed E-state index contributed by atoms with van der Waals surface area (Å²) < 4.78 is 8.54. The van der Waals surface area contributed by atoms with E-state index in [1.54, 1.807) is 5.56 Å². The molecule has 3 aromatic carbocycles. The van der Waals surface area contributed by atoms with Crippen LogP contribution in [0.1, 0.15) is 52.1 Å². The lowest BCUT2D eigenvalue weighted by atomic mass is 9.55. The average Bonchev–Trinajstić information content (AvgIpc) is 3.33. The molecule has 0 amide bonds. The molecule has 3 aliphatic rings. The number of aryl methyl sites for hydroxylation is 1. The molecule has 1 spiro atoms. The van der Waals surface area contributed by atoms with Gasteiger partial charge >= 0.3 is 0 Å². The highest BCUT2D eigenvalue weighted by Crippen LogP contribution is 2.68. The number of methoxy groups -OCH3 is 1. The van der Waals surface area contributed by atoms with Crippen LogP contribution in [0.3, 0.4) is 0 Å². The maximum atomic E-state index is 6.03. The SMILES string of the molecule is COc1ccc(Br)c2c1[C@@]13c4c(C)ccc(Br)c4C[C@@H]1CC(c1ccccc1)C[C@H]3C2. The number of ether oxygens (including phenoxy) is 1. The molecule has 31 heavy (non-hydrogen) atoms. The van der Waals surface area contributed by atoms with Gasteiger partial charge in [-0.05, 0) is 96.4 Å². The zero-order valence-electron chi connectivity index (χ0n) is 17.9.